The third kappa shape index (κ3) is 1.87. The van der Waals surface area contributed by atoms with Gasteiger partial charge in [0.1, 0.15) is 0 Å². The lowest BCUT2D eigenvalue weighted by Gasteiger charge is -2.32. The van der Waals surface area contributed by atoms with Crippen molar-refractivity contribution in [2.45, 2.75) is 12.2 Å². The molecule has 0 amide bonds. The van der Waals surface area contributed by atoms with E-state index >= 15 is 0 Å². The van der Waals surface area contributed by atoms with E-state index in [-0.39, 0.29) is 10.7 Å². The Morgan fingerprint density at radius 1 is 1.11 bits per heavy atom. The van der Waals surface area contributed by atoms with Crippen LogP contribution in [0.15, 0.2) is 17.2 Å². The van der Waals surface area contributed by atoms with Gasteiger partial charge >= 0.3 is 12.2 Å². The quantitative estimate of drug-likeness (QED) is 0.335. The maximum absolute atomic E-state index is 12.8. The number of alkyl halides is 4. The lowest BCUT2D eigenvalue weighted by molar-refractivity contribution is -0.391. The molecule has 0 atom stereocenters. The minimum Gasteiger partial charge on any atom is -0.421 e. The summed E-state index contributed by atoms with van der Waals surface area (Å²) in [7, 11) is 0. The van der Waals surface area contributed by atoms with Gasteiger partial charge in [0.2, 0.25) is 0 Å². The van der Waals surface area contributed by atoms with Crippen LogP contribution in [0.2, 0.25) is 5.02 Å². The number of halogens is 5. The molecule has 1 aliphatic heterocycles. The number of ether oxygens (including phenoxy) is 2. The molecule has 0 bridgehead atoms. The fraction of sp³-hybridized carbons (Fsp3) is 0.250. The standard InChI is InChI=1S/C8H2ClF4N3O2/c9-3-1-5-6(2-4(3)15-16-14)18-8(12,13)7(10,11)17-5/h1-2H. The highest BCUT2D eigenvalue weighted by atomic mass is 35.5. The van der Waals surface area contributed by atoms with Gasteiger partial charge in [0.15, 0.2) is 11.5 Å². The van der Waals surface area contributed by atoms with Gasteiger partial charge in [-0.25, -0.2) is 0 Å². The van der Waals surface area contributed by atoms with E-state index in [1.54, 1.807) is 0 Å². The molecule has 1 aliphatic rings. The summed E-state index contributed by atoms with van der Waals surface area (Å²) in [6.45, 7) is 0. The third-order valence-corrected chi connectivity index (χ3v) is 2.28. The van der Waals surface area contributed by atoms with Crippen molar-refractivity contribution in [3.05, 3.63) is 27.6 Å². The molecule has 0 spiro atoms. The summed E-state index contributed by atoms with van der Waals surface area (Å²) in [5.41, 5.74) is 7.95. The van der Waals surface area contributed by atoms with Gasteiger partial charge in [0, 0.05) is 11.0 Å². The Hall–Kier alpha value is -1.86. The van der Waals surface area contributed by atoms with E-state index in [0.717, 1.165) is 12.1 Å². The van der Waals surface area contributed by atoms with Gasteiger partial charge in [-0.2, -0.15) is 17.6 Å². The predicted octanol–water partition coefficient (Wildman–Crippen LogP) is 4.24. The minimum absolute atomic E-state index is 0.240. The Balaban J connectivity index is 2.54. The maximum Gasteiger partial charge on any atom is 0.507 e. The highest BCUT2D eigenvalue weighted by molar-refractivity contribution is 6.33. The summed E-state index contributed by atoms with van der Waals surface area (Å²) < 4.78 is 59.0. The van der Waals surface area contributed by atoms with Crippen LogP contribution >= 0.6 is 11.6 Å². The fourth-order valence-electron chi connectivity index (χ4n) is 1.20. The lowest BCUT2D eigenvalue weighted by atomic mass is 10.2. The molecule has 0 unspecified atom stereocenters. The summed E-state index contributed by atoms with van der Waals surface area (Å²) >= 11 is 5.57. The number of hydrogen-bond acceptors (Lipinski definition) is 3. The molecule has 2 rings (SSSR count). The Labute approximate surface area is 101 Å². The first-order chi connectivity index (χ1) is 8.27. The zero-order valence-corrected chi connectivity index (χ0v) is 8.96. The first-order valence-corrected chi connectivity index (χ1v) is 4.67. The molecule has 0 aliphatic carbocycles. The van der Waals surface area contributed by atoms with Crippen LogP contribution in [0.4, 0.5) is 23.2 Å². The summed E-state index contributed by atoms with van der Waals surface area (Å²) in [5, 5.41) is 2.84. The molecular weight excluding hydrogens is 282 g/mol. The molecule has 96 valence electrons. The van der Waals surface area contributed by atoms with Crippen LogP contribution in [-0.2, 0) is 0 Å². The van der Waals surface area contributed by atoms with Crippen molar-refractivity contribution in [3.63, 3.8) is 0 Å². The average molecular weight is 284 g/mol. The van der Waals surface area contributed by atoms with E-state index in [1.807, 2.05) is 0 Å². The fourth-order valence-corrected chi connectivity index (χ4v) is 1.40. The van der Waals surface area contributed by atoms with Crippen LogP contribution in [0.5, 0.6) is 11.5 Å². The largest absolute Gasteiger partial charge is 0.507 e. The van der Waals surface area contributed by atoms with Crippen LogP contribution in [-0.4, -0.2) is 12.2 Å². The highest BCUT2D eigenvalue weighted by Crippen LogP contribution is 2.49. The smallest absolute Gasteiger partial charge is 0.421 e. The molecule has 0 N–H and O–H groups in total. The van der Waals surface area contributed by atoms with E-state index in [2.05, 4.69) is 19.5 Å². The van der Waals surface area contributed by atoms with E-state index in [1.165, 1.54) is 0 Å². The van der Waals surface area contributed by atoms with Crippen LogP contribution in [0.25, 0.3) is 10.4 Å². The molecule has 0 radical (unpaired) electrons. The van der Waals surface area contributed by atoms with E-state index in [9.17, 15) is 17.6 Å². The van der Waals surface area contributed by atoms with Gasteiger partial charge in [0.25, 0.3) is 0 Å². The molecule has 0 saturated carbocycles. The summed E-state index contributed by atoms with van der Waals surface area (Å²) in [5.74, 6) is -1.37. The van der Waals surface area contributed by atoms with Crippen molar-refractivity contribution in [1.82, 2.24) is 0 Å². The average Bonchev–Trinajstić information content (AvgIpc) is 2.22. The number of rotatable bonds is 1. The number of benzene rings is 1. The monoisotopic (exact) mass is 283 g/mol. The van der Waals surface area contributed by atoms with Crippen molar-refractivity contribution < 1.29 is 27.0 Å². The summed E-state index contributed by atoms with van der Waals surface area (Å²) in [6.07, 6.45) is -9.65. The number of hydrogen-bond donors (Lipinski definition) is 0. The molecule has 1 aromatic rings. The van der Waals surface area contributed by atoms with Gasteiger partial charge in [-0.3, -0.25) is 0 Å². The molecule has 10 heteroatoms. The Morgan fingerprint density at radius 3 is 2.11 bits per heavy atom. The Kier molecular flexibility index (Phi) is 2.67. The topological polar surface area (TPSA) is 67.2 Å². The van der Waals surface area contributed by atoms with Gasteiger partial charge in [0.05, 0.1) is 10.7 Å². The normalized spacial score (nSPS) is 18.9. The van der Waals surface area contributed by atoms with Crippen LogP contribution < -0.4 is 9.47 Å². The van der Waals surface area contributed by atoms with Crippen molar-refractivity contribution in [2.75, 3.05) is 0 Å². The number of fused-ring (bicyclic) bond motifs is 1. The van der Waals surface area contributed by atoms with Crippen molar-refractivity contribution >= 4 is 17.3 Å². The Bertz CT molecular complexity index is 560. The second-order valence-corrected chi connectivity index (χ2v) is 3.58. The number of azide groups is 1. The van der Waals surface area contributed by atoms with Crippen LogP contribution in [0, 0.1) is 0 Å². The predicted molar refractivity (Wildman–Crippen MR) is 51.4 cm³/mol. The van der Waals surface area contributed by atoms with E-state index in [4.69, 9.17) is 17.1 Å². The molecule has 0 saturated heterocycles. The van der Waals surface area contributed by atoms with Crippen molar-refractivity contribution in [2.24, 2.45) is 5.11 Å². The highest BCUT2D eigenvalue weighted by Gasteiger charge is 2.66. The van der Waals surface area contributed by atoms with Gasteiger partial charge < -0.3 is 9.47 Å². The van der Waals surface area contributed by atoms with Gasteiger partial charge in [-0.1, -0.05) is 16.7 Å². The molecular formula is C8H2ClF4N3O2. The molecule has 0 aromatic heterocycles. The summed E-state index contributed by atoms with van der Waals surface area (Å²) in [4.78, 5) is 2.39. The van der Waals surface area contributed by atoms with Gasteiger partial charge in [-0.15, -0.1) is 0 Å². The lowest BCUT2D eigenvalue weighted by Crippen LogP contribution is -2.52. The molecule has 1 aromatic carbocycles. The zero-order chi connectivity index (χ0) is 13.6. The molecule has 0 fully saturated rings. The molecule has 18 heavy (non-hydrogen) atoms. The van der Waals surface area contributed by atoms with Crippen LogP contribution in [0.3, 0.4) is 0 Å². The summed E-state index contributed by atoms with van der Waals surface area (Å²) in [6, 6.07) is 1.57. The zero-order valence-electron chi connectivity index (χ0n) is 8.20. The Morgan fingerprint density at radius 2 is 1.61 bits per heavy atom. The van der Waals surface area contributed by atoms with E-state index < -0.39 is 23.7 Å². The first-order valence-electron chi connectivity index (χ1n) is 4.29. The number of nitrogens with zero attached hydrogens (tertiary/aromatic N) is 3. The van der Waals surface area contributed by atoms with Crippen molar-refractivity contribution in [1.29, 1.82) is 0 Å². The van der Waals surface area contributed by atoms with Gasteiger partial charge in [-0.05, 0) is 11.6 Å². The SMILES string of the molecule is [N-]=[N+]=Nc1cc2c(cc1Cl)OC(F)(F)C(F)(F)O2. The molecule has 1 heterocycles. The van der Waals surface area contributed by atoms with Crippen LogP contribution in [0.1, 0.15) is 0 Å². The van der Waals surface area contributed by atoms with Crippen molar-refractivity contribution in [3.8, 4) is 11.5 Å². The minimum atomic E-state index is -4.83. The van der Waals surface area contributed by atoms with E-state index in [0.29, 0.717) is 0 Å². The second kappa shape index (κ2) is 3.82. The third-order valence-electron chi connectivity index (χ3n) is 1.98. The maximum atomic E-state index is 12.8. The second-order valence-electron chi connectivity index (χ2n) is 3.18. The molecule has 5 nitrogen and oxygen atoms in total. The first kappa shape index (κ1) is 12.6.